The van der Waals surface area contributed by atoms with Crippen molar-refractivity contribution in [2.24, 2.45) is 0 Å². The molecule has 0 aliphatic rings. The quantitative estimate of drug-likeness (QED) is 0.443. The summed E-state index contributed by atoms with van der Waals surface area (Å²) in [5.74, 6) is -1.63. The van der Waals surface area contributed by atoms with E-state index in [0.29, 0.717) is 19.8 Å². The molecule has 0 fully saturated rings. The van der Waals surface area contributed by atoms with Crippen molar-refractivity contribution >= 4 is 58.3 Å². The number of Topliss-reactive ketones (excluding diaryl/α,β-unsaturated/α-hetero) is 2. The number of hydrogen-bond donors (Lipinski definition) is 0. The average molecular weight is 455 g/mol. The second-order valence-corrected chi connectivity index (χ2v) is 8.31. The lowest BCUT2D eigenvalue weighted by Gasteiger charge is -2.11. The van der Waals surface area contributed by atoms with Crippen LogP contribution in [0.2, 0.25) is 10.0 Å². The molecular weight excluding hydrogens is 440 g/mol. The van der Waals surface area contributed by atoms with Crippen molar-refractivity contribution < 1.29 is 22.8 Å². The lowest BCUT2D eigenvalue weighted by atomic mass is 10.4. The van der Waals surface area contributed by atoms with Gasteiger partial charge in [-0.1, -0.05) is 35.0 Å². The first-order valence-corrected chi connectivity index (χ1v) is 9.86. The summed E-state index contributed by atoms with van der Waals surface area (Å²) in [6, 6.07) is 12.6. The van der Waals surface area contributed by atoms with Crippen LogP contribution < -0.4 is 0 Å². The van der Waals surface area contributed by atoms with Gasteiger partial charge in [0, 0.05) is 26.8 Å². The lowest BCUT2D eigenvalue weighted by Crippen LogP contribution is -2.20. The molecule has 0 amide bonds. The summed E-state index contributed by atoms with van der Waals surface area (Å²) < 4.78 is 38.7. The van der Waals surface area contributed by atoms with E-state index in [2.05, 4.69) is 0 Å². The van der Waals surface area contributed by atoms with Crippen molar-refractivity contribution in [3.8, 4) is 0 Å². The number of alkyl halides is 3. The predicted molar refractivity (Wildman–Crippen MR) is 106 cm³/mol. The number of rotatable bonds is 6. The third kappa shape index (κ3) is 9.06. The zero-order valence-electron chi connectivity index (χ0n) is 14.2. The molecule has 0 heterocycles. The summed E-state index contributed by atoms with van der Waals surface area (Å²) in [7, 11) is 0. The highest BCUT2D eigenvalue weighted by Crippen LogP contribution is 2.36. The zero-order valence-corrected chi connectivity index (χ0v) is 17.4. The van der Waals surface area contributed by atoms with Crippen molar-refractivity contribution in [2.45, 2.75) is 34.4 Å². The third-order valence-electron chi connectivity index (χ3n) is 2.84. The maximum atomic E-state index is 12.9. The third-order valence-corrected chi connectivity index (χ3v) is 5.48. The fourth-order valence-electron chi connectivity index (χ4n) is 1.44. The van der Waals surface area contributed by atoms with E-state index >= 15 is 0 Å². The molecule has 2 aromatic rings. The van der Waals surface area contributed by atoms with Gasteiger partial charge in [-0.25, -0.2) is 4.39 Å². The number of carbonyl (C=O) groups is 2. The Bertz CT molecular complexity index is 769. The fourth-order valence-corrected chi connectivity index (χ4v) is 3.10. The second-order valence-electron chi connectivity index (χ2n) is 5.13. The van der Waals surface area contributed by atoms with Gasteiger partial charge in [0.1, 0.15) is 0 Å². The van der Waals surface area contributed by atoms with Crippen LogP contribution in [0.5, 0.6) is 0 Å². The van der Waals surface area contributed by atoms with E-state index in [-0.39, 0.29) is 11.8 Å². The molecule has 0 spiro atoms. The lowest BCUT2D eigenvalue weighted by molar-refractivity contribution is -0.130. The first-order valence-electron chi connectivity index (χ1n) is 7.41. The Kier molecular flexibility index (Phi) is 9.73. The van der Waals surface area contributed by atoms with E-state index in [4.69, 9.17) is 23.2 Å². The van der Waals surface area contributed by atoms with Crippen LogP contribution in [0.1, 0.15) is 13.8 Å². The Balaban J connectivity index is 0.000000271. The number of benzene rings is 2. The van der Waals surface area contributed by atoms with Crippen LogP contribution in [0.4, 0.5) is 13.2 Å². The second kappa shape index (κ2) is 11.0. The molecular formula is C18H15Cl2F3O2S2. The Morgan fingerprint density at radius 3 is 1.67 bits per heavy atom. The number of ketones is 2. The first-order chi connectivity index (χ1) is 12.5. The van der Waals surface area contributed by atoms with Gasteiger partial charge in [-0.05, 0) is 67.2 Å². The van der Waals surface area contributed by atoms with Gasteiger partial charge in [-0.3, -0.25) is 9.59 Å². The Morgan fingerprint density at radius 2 is 1.30 bits per heavy atom. The molecule has 0 radical (unpaired) electrons. The largest absolute Gasteiger partial charge is 0.355 e. The maximum absolute atomic E-state index is 12.9. The smallest absolute Gasteiger partial charge is 0.296 e. The summed E-state index contributed by atoms with van der Waals surface area (Å²) in [5.41, 5.74) is -1.49. The fraction of sp³-hybridized carbons (Fsp3) is 0.222. The molecule has 0 bridgehead atoms. The van der Waals surface area contributed by atoms with Crippen LogP contribution in [0.15, 0.2) is 58.3 Å². The molecule has 1 unspecified atom stereocenters. The SMILES string of the molecule is CC(=O)C(F)(F)Sc1ccc(Cl)cc1.CC(=O)C(F)Sc1ccc(Cl)cc1. The first kappa shape index (κ1) is 23.9. The van der Waals surface area contributed by atoms with Gasteiger partial charge in [0.25, 0.3) is 0 Å². The van der Waals surface area contributed by atoms with Crippen molar-refractivity contribution in [2.75, 3.05) is 0 Å². The average Bonchev–Trinajstić information content (AvgIpc) is 2.59. The molecule has 0 aromatic heterocycles. The minimum absolute atomic E-state index is 0.221. The maximum Gasteiger partial charge on any atom is 0.355 e. The Morgan fingerprint density at radius 1 is 0.889 bits per heavy atom. The van der Waals surface area contributed by atoms with Crippen molar-refractivity contribution in [3.63, 3.8) is 0 Å². The summed E-state index contributed by atoms with van der Waals surface area (Å²) in [6.07, 6.45) is 0. The molecule has 0 aliphatic carbocycles. The highest BCUT2D eigenvalue weighted by atomic mass is 35.5. The Hall–Kier alpha value is -1.15. The predicted octanol–water partition coefficient (Wildman–Crippen LogP) is 6.93. The van der Waals surface area contributed by atoms with Crippen LogP contribution in [-0.2, 0) is 9.59 Å². The highest BCUT2D eigenvalue weighted by Gasteiger charge is 2.36. The van der Waals surface area contributed by atoms with Crippen LogP contribution in [0.3, 0.4) is 0 Å². The van der Waals surface area contributed by atoms with Crippen LogP contribution >= 0.6 is 46.7 Å². The zero-order chi connectivity index (χ0) is 20.6. The van der Waals surface area contributed by atoms with Crippen molar-refractivity contribution in [1.82, 2.24) is 0 Å². The van der Waals surface area contributed by atoms with Crippen LogP contribution in [0.25, 0.3) is 0 Å². The molecule has 9 heteroatoms. The summed E-state index contributed by atoms with van der Waals surface area (Å²) in [4.78, 5) is 22.1. The molecule has 2 rings (SSSR count). The van der Waals surface area contributed by atoms with Gasteiger partial charge in [-0.2, -0.15) is 8.78 Å². The molecule has 2 aromatic carbocycles. The minimum Gasteiger partial charge on any atom is -0.296 e. The van der Waals surface area contributed by atoms with E-state index in [1.165, 1.54) is 31.2 Å². The molecule has 0 saturated heterocycles. The summed E-state index contributed by atoms with van der Waals surface area (Å²) >= 11 is 12.3. The molecule has 146 valence electrons. The molecule has 0 aliphatic heterocycles. The minimum atomic E-state index is -3.37. The van der Waals surface area contributed by atoms with Crippen molar-refractivity contribution in [1.29, 1.82) is 0 Å². The molecule has 0 N–H and O–H groups in total. The van der Waals surface area contributed by atoms with Gasteiger partial charge in [0.2, 0.25) is 11.3 Å². The number of halogens is 5. The Labute approximate surface area is 173 Å². The molecule has 0 saturated carbocycles. The van der Waals surface area contributed by atoms with Gasteiger partial charge in [0.15, 0.2) is 5.78 Å². The van der Waals surface area contributed by atoms with Crippen LogP contribution in [0, 0.1) is 0 Å². The van der Waals surface area contributed by atoms with Crippen molar-refractivity contribution in [3.05, 3.63) is 58.6 Å². The van der Waals surface area contributed by atoms with E-state index in [1.807, 2.05) is 0 Å². The molecule has 2 nitrogen and oxygen atoms in total. The van der Waals surface area contributed by atoms with Gasteiger partial charge < -0.3 is 0 Å². The topological polar surface area (TPSA) is 34.1 Å². The van der Waals surface area contributed by atoms with E-state index in [9.17, 15) is 22.8 Å². The molecule has 1 atom stereocenters. The standard InChI is InChI=1S/C9H7ClF2OS.C9H8ClFOS/c1-6(13)9(11,12)14-8-4-2-7(10)3-5-8;1-6(12)9(11)13-8-4-2-7(10)3-5-8/h2-5H,1H3;2-5,9H,1H3. The number of hydrogen-bond acceptors (Lipinski definition) is 4. The van der Waals surface area contributed by atoms with Gasteiger partial charge in [0.05, 0.1) is 0 Å². The van der Waals surface area contributed by atoms with E-state index < -0.39 is 22.3 Å². The summed E-state index contributed by atoms with van der Waals surface area (Å²) in [6.45, 7) is 2.09. The number of carbonyl (C=O) groups excluding carboxylic acids is 2. The van der Waals surface area contributed by atoms with E-state index in [0.717, 1.165) is 18.7 Å². The summed E-state index contributed by atoms with van der Waals surface area (Å²) in [5, 5.41) is -2.29. The number of thioether (sulfide) groups is 2. The van der Waals surface area contributed by atoms with Gasteiger partial charge in [-0.15, -0.1) is 0 Å². The highest BCUT2D eigenvalue weighted by molar-refractivity contribution is 8.01. The monoisotopic (exact) mass is 454 g/mol. The normalized spacial score (nSPS) is 12.0. The van der Waals surface area contributed by atoms with E-state index in [1.54, 1.807) is 24.3 Å². The van der Waals surface area contributed by atoms with Gasteiger partial charge >= 0.3 is 5.25 Å². The molecule has 27 heavy (non-hydrogen) atoms. The van der Waals surface area contributed by atoms with Crippen LogP contribution in [-0.4, -0.2) is 22.3 Å².